The number of hydrogen-bond donors (Lipinski definition) is 1. The van der Waals surface area contributed by atoms with Gasteiger partial charge in [-0.1, -0.05) is 90.4 Å². The predicted molar refractivity (Wildman–Crippen MR) is 117 cm³/mol. The Labute approximate surface area is 182 Å². The van der Waals surface area contributed by atoms with E-state index in [4.69, 9.17) is 0 Å². The minimum absolute atomic E-state index is 0.205. The van der Waals surface area contributed by atoms with E-state index >= 15 is 0 Å². The van der Waals surface area contributed by atoms with E-state index in [0.29, 0.717) is 6.42 Å². The van der Waals surface area contributed by atoms with Gasteiger partial charge in [-0.3, -0.25) is 14.4 Å². The van der Waals surface area contributed by atoms with Crippen LogP contribution in [0.25, 0.3) is 0 Å². The lowest BCUT2D eigenvalue weighted by atomic mass is 9.78. The Bertz CT molecular complexity index is 542. The Morgan fingerprint density at radius 3 is 1.47 bits per heavy atom. The molecule has 2 atom stereocenters. The molecule has 0 aromatic heterocycles. The summed E-state index contributed by atoms with van der Waals surface area (Å²) in [6.07, 6.45) is 15.5. The maximum atomic E-state index is 12.1. The fourth-order valence-corrected chi connectivity index (χ4v) is 3.81. The van der Waals surface area contributed by atoms with E-state index in [-0.39, 0.29) is 6.42 Å². The molecule has 174 valence electrons. The molecule has 0 radical (unpaired) electrons. The molecular formula is C24H42O6. The molecule has 0 aliphatic heterocycles. The molecule has 0 aliphatic rings. The van der Waals surface area contributed by atoms with Crippen LogP contribution < -0.4 is 0 Å². The summed E-state index contributed by atoms with van der Waals surface area (Å²) in [6, 6.07) is 0. The second-order valence-electron chi connectivity index (χ2n) is 8.40. The van der Waals surface area contributed by atoms with Crippen LogP contribution in [0.3, 0.4) is 0 Å². The Balaban J connectivity index is 4.22. The summed E-state index contributed by atoms with van der Waals surface area (Å²) in [5, 5.41) is 10.6. The lowest BCUT2D eigenvalue weighted by Crippen LogP contribution is -2.55. The molecule has 0 fully saturated rings. The van der Waals surface area contributed by atoms with Gasteiger partial charge in [-0.15, -0.1) is 0 Å². The third kappa shape index (κ3) is 11.0. The number of carbonyl (C=O) groups is 4. The summed E-state index contributed by atoms with van der Waals surface area (Å²) < 4.78 is 4.43. The molecule has 0 spiro atoms. The topological polar surface area (TPSA) is 97.7 Å². The molecule has 1 N–H and O–H groups in total. The van der Waals surface area contributed by atoms with Crippen molar-refractivity contribution in [3.8, 4) is 0 Å². The average Bonchev–Trinajstić information content (AvgIpc) is 2.66. The van der Waals surface area contributed by atoms with Gasteiger partial charge in [-0.2, -0.15) is 0 Å². The highest BCUT2D eigenvalue weighted by molar-refractivity contribution is 6.11. The predicted octanol–water partition coefficient (Wildman–Crippen LogP) is 5.08. The van der Waals surface area contributed by atoms with Gasteiger partial charge in [-0.25, -0.2) is 4.79 Å². The van der Waals surface area contributed by atoms with Gasteiger partial charge in [0.05, 0.1) is 5.92 Å². The number of aliphatic hydroxyl groups is 1. The van der Waals surface area contributed by atoms with Crippen LogP contribution in [0.5, 0.6) is 0 Å². The molecule has 0 rings (SSSR count). The zero-order valence-corrected chi connectivity index (χ0v) is 19.5. The zero-order valence-electron chi connectivity index (χ0n) is 19.5. The van der Waals surface area contributed by atoms with Crippen LogP contribution in [0, 0.1) is 5.92 Å². The first-order valence-corrected chi connectivity index (χ1v) is 11.6. The van der Waals surface area contributed by atoms with Crippen LogP contribution in [-0.2, 0) is 23.9 Å². The van der Waals surface area contributed by atoms with Gasteiger partial charge in [0.2, 0.25) is 5.60 Å². The number of Topliss-reactive ketones (excluding diaryl/α,β-unsaturated/α-hetero) is 2. The number of unbranched alkanes of at least 4 members (excludes halogenated alkanes) is 12. The molecule has 2 unspecified atom stereocenters. The first-order valence-electron chi connectivity index (χ1n) is 11.6. The molecule has 0 heterocycles. The van der Waals surface area contributed by atoms with Crippen LogP contribution in [0.1, 0.15) is 118 Å². The Hall–Kier alpha value is -1.56. The van der Waals surface area contributed by atoms with E-state index in [1.165, 1.54) is 64.7 Å². The van der Waals surface area contributed by atoms with Crippen molar-refractivity contribution in [2.75, 3.05) is 0 Å². The summed E-state index contributed by atoms with van der Waals surface area (Å²) >= 11 is 0. The van der Waals surface area contributed by atoms with Gasteiger partial charge in [-0.05, 0) is 20.3 Å². The van der Waals surface area contributed by atoms with E-state index in [0.717, 1.165) is 33.1 Å². The van der Waals surface area contributed by atoms with Gasteiger partial charge in [0.15, 0.2) is 5.78 Å². The molecule has 30 heavy (non-hydrogen) atoms. The van der Waals surface area contributed by atoms with E-state index in [1.54, 1.807) is 0 Å². The van der Waals surface area contributed by atoms with Crippen molar-refractivity contribution in [3.05, 3.63) is 0 Å². The van der Waals surface area contributed by atoms with Gasteiger partial charge >= 0.3 is 11.9 Å². The van der Waals surface area contributed by atoms with E-state index in [9.17, 15) is 24.3 Å². The number of ether oxygens (including phenoxy) is 1. The smallest absolute Gasteiger partial charge is 0.354 e. The highest BCUT2D eigenvalue weighted by atomic mass is 16.6. The standard InChI is InChI=1S/C24H42O6/c1-5-6-7-8-9-10-11-12-13-14-15-16-17-18-22(19(2)25)24(29,20(3)26)23(28)30-21(4)27/h22,29H,5-18H2,1-4H3. The molecule has 0 amide bonds. The minimum atomic E-state index is -2.60. The molecule has 0 aromatic carbocycles. The quantitative estimate of drug-likeness (QED) is 0.186. The Kier molecular flexibility index (Phi) is 15.3. The molecule has 0 saturated carbocycles. The van der Waals surface area contributed by atoms with Gasteiger partial charge in [0.1, 0.15) is 5.78 Å². The SMILES string of the molecule is CCCCCCCCCCCCCCCC(C(C)=O)C(O)(C(C)=O)C(=O)OC(C)=O. The first kappa shape index (κ1) is 28.4. The van der Waals surface area contributed by atoms with Crippen molar-refractivity contribution in [3.63, 3.8) is 0 Å². The fourth-order valence-electron chi connectivity index (χ4n) is 3.81. The zero-order chi connectivity index (χ0) is 23.0. The highest BCUT2D eigenvalue weighted by Gasteiger charge is 2.52. The lowest BCUT2D eigenvalue weighted by Gasteiger charge is -2.29. The van der Waals surface area contributed by atoms with Crippen LogP contribution in [-0.4, -0.2) is 34.2 Å². The van der Waals surface area contributed by atoms with Crippen LogP contribution in [0.15, 0.2) is 0 Å². The summed E-state index contributed by atoms with van der Waals surface area (Å²) in [6.45, 7) is 5.50. The summed E-state index contributed by atoms with van der Waals surface area (Å²) in [5.74, 6) is -4.84. The van der Waals surface area contributed by atoms with Crippen LogP contribution in [0.2, 0.25) is 0 Å². The van der Waals surface area contributed by atoms with Crippen molar-refractivity contribution < 1.29 is 29.0 Å². The van der Waals surface area contributed by atoms with Crippen LogP contribution in [0.4, 0.5) is 0 Å². The van der Waals surface area contributed by atoms with Gasteiger partial charge in [0.25, 0.3) is 0 Å². The summed E-state index contributed by atoms with van der Waals surface area (Å²) in [7, 11) is 0. The molecule has 0 bridgehead atoms. The van der Waals surface area contributed by atoms with Crippen molar-refractivity contribution in [2.24, 2.45) is 5.92 Å². The first-order chi connectivity index (χ1) is 14.2. The Morgan fingerprint density at radius 1 is 0.733 bits per heavy atom. The van der Waals surface area contributed by atoms with Crippen LogP contribution >= 0.6 is 0 Å². The third-order valence-electron chi connectivity index (χ3n) is 5.68. The van der Waals surface area contributed by atoms with Gasteiger partial charge in [0, 0.05) is 6.92 Å². The third-order valence-corrected chi connectivity index (χ3v) is 5.68. The van der Waals surface area contributed by atoms with E-state index in [1.807, 2.05) is 0 Å². The number of carbonyl (C=O) groups excluding carboxylic acids is 4. The van der Waals surface area contributed by atoms with Crippen molar-refractivity contribution in [2.45, 2.75) is 123 Å². The maximum Gasteiger partial charge on any atom is 0.354 e. The van der Waals surface area contributed by atoms with Crippen molar-refractivity contribution in [1.82, 2.24) is 0 Å². The molecule has 0 saturated heterocycles. The van der Waals surface area contributed by atoms with E-state index in [2.05, 4.69) is 11.7 Å². The van der Waals surface area contributed by atoms with Crippen molar-refractivity contribution in [1.29, 1.82) is 0 Å². The number of ketones is 2. The number of rotatable bonds is 18. The maximum absolute atomic E-state index is 12.1. The Morgan fingerprint density at radius 2 is 1.13 bits per heavy atom. The monoisotopic (exact) mass is 426 g/mol. The normalized spacial score (nSPS) is 14.0. The largest absolute Gasteiger partial charge is 0.391 e. The highest BCUT2D eigenvalue weighted by Crippen LogP contribution is 2.28. The molecule has 0 aliphatic carbocycles. The second kappa shape index (κ2) is 16.2. The van der Waals surface area contributed by atoms with Gasteiger partial charge < -0.3 is 9.84 Å². The molecular weight excluding hydrogens is 384 g/mol. The van der Waals surface area contributed by atoms with E-state index < -0.39 is 35.0 Å². The number of esters is 2. The number of hydrogen-bond acceptors (Lipinski definition) is 6. The average molecular weight is 427 g/mol. The van der Waals surface area contributed by atoms with Crippen molar-refractivity contribution >= 4 is 23.5 Å². The minimum Gasteiger partial charge on any atom is -0.391 e. The molecule has 6 heteroatoms. The summed E-state index contributed by atoms with van der Waals surface area (Å²) in [4.78, 5) is 47.2. The molecule has 0 aromatic rings. The molecule has 6 nitrogen and oxygen atoms in total. The second-order valence-corrected chi connectivity index (χ2v) is 8.40. The fraction of sp³-hybridized carbons (Fsp3) is 0.833. The lowest BCUT2D eigenvalue weighted by molar-refractivity contribution is -0.182. The summed E-state index contributed by atoms with van der Waals surface area (Å²) in [5.41, 5.74) is -2.60.